The number of thiazole rings is 1. The Morgan fingerprint density at radius 1 is 1.40 bits per heavy atom. The molecule has 0 atom stereocenters. The maximum absolute atomic E-state index is 4.67. The van der Waals surface area contributed by atoms with Crippen LogP contribution in [0.5, 0.6) is 0 Å². The van der Waals surface area contributed by atoms with Crippen LogP contribution >= 0.6 is 39.0 Å². The van der Waals surface area contributed by atoms with E-state index in [0.717, 1.165) is 31.6 Å². The maximum atomic E-state index is 4.67. The molecule has 1 aromatic carbocycles. The first-order chi connectivity index (χ1) is 9.72. The lowest BCUT2D eigenvalue weighted by Crippen LogP contribution is -1.90. The van der Waals surface area contributed by atoms with Gasteiger partial charge < -0.3 is 4.57 Å². The van der Waals surface area contributed by atoms with Gasteiger partial charge in [-0.05, 0) is 12.1 Å². The number of benzene rings is 1. The van der Waals surface area contributed by atoms with Crippen molar-refractivity contribution in [3.05, 3.63) is 46.1 Å². The van der Waals surface area contributed by atoms with E-state index in [1.807, 2.05) is 23.7 Å². The number of halogens is 1. The third-order valence-corrected chi connectivity index (χ3v) is 5.14. The van der Waals surface area contributed by atoms with Crippen LogP contribution in [-0.4, -0.2) is 19.7 Å². The number of aryl methyl sites for hydroxylation is 1. The molecule has 3 rings (SSSR count). The van der Waals surface area contributed by atoms with E-state index in [9.17, 15) is 0 Å². The molecule has 0 radical (unpaired) electrons. The summed E-state index contributed by atoms with van der Waals surface area (Å²) in [6, 6.07) is 8.19. The molecule has 102 valence electrons. The average Bonchev–Trinajstić information content (AvgIpc) is 3.05. The molecule has 7 heteroatoms. The van der Waals surface area contributed by atoms with Crippen molar-refractivity contribution in [1.29, 1.82) is 0 Å². The molecule has 0 N–H and O–H groups in total. The molecule has 0 aliphatic carbocycles. The van der Waals surface area contributed by atoms with Crippen LogP contribution in [0.3, 0.4) is 0 Å². The lowest BCUT2D eigenvalue weighted by atomic mass is 10.2. The first kappa shape index (κ1) is 13.8. The van der Waals surface area contributed by atoms with Crippen LogP contribution in [0.1, 0.15) is 5.69 Å². The van der Waals surface area contributed by atoms with Crippen LogP contribution < -0.4 is 0 Å². The predicted octanol–water partition coefficient (Wildman–Crippen LogP) is 3.99. The molecular formula is C13H11BrN4S2. The van der Waals surface area contributed by atoms with Gasteiger partial charge in [0.15, 0.2) is 5.16 Å². The number of hydrogen-bond donors (Lipinski definition) is 0. The molecule has 0 saturated heterocycles. The summed E-state index contributed by atoms with van der Waals surface area (Å²) in [5, 5.41) is 12.0. The smallest absolute Gasteiger partial charge is 0.191 e. The number of rotatable bonds is 4. The van der Waals surface area contributed by atoms with Crippen LogP contribution in [0.15, 0.2) is 45.6 Å². The minimum Gasteiger partial charge on any atom is -0.312 e. The van der Waals surface area contributed by atoms with Crippen LogP contribution in [-0.2, 0) is 12.8 Å². The predicted molar refractivity (Wildman–Crippen MR) is 85.8 cm³/mol. The number of thioether (sulfide) groups is 1. The summed E-state index contributed by atoms with van der Waals surface area (Å²) in [6.45, 7) is 0. The van der Waals surface area contributed by atoms with Crippen LogP contribution in [0, 0.1) is 0 Å². The summed E-state index contributed by atoms with van der Waals surface area (Å²) in [5.74, 6) is 0.803. The third kappa shape index (κ3) is 3.11. The summed E-state index contributed by atoms with van der Waals surface area (Å²) in [6.07, 6.45) is 1.70. The van der Waals surface area contributed by atoms with Gasteiger partial charge in [0.2, 0.25) is 0 Å². The highest BCUT2D eigenvalue weighted by molar-refractivity contribution is 9.10. The monoisotopic (exact) mass is 366 g/mol. The molecule has 4 nitrogen and oxygen atoms in total. The maximum Gasteiger partial charge on any atom is 0.191 e. The molecule has 0 aliphatic heterocycles. The van der Waals surface area contributed by atoms with Crippen molar-refractivity contribution in [2.24, 2.45) is 7.05 Å². The van der Waals surface area contributed by atoms with Gasteiger partial charge in [-0.15, -0.1) is 21.5 Å². The zero-order chi connectivity index (χ0) is 13.9. The van der Waals surface area contributed by atoms with E-state index in [1.165, 1.54) is 0 Å². The molecule has 0 saturated carbocycles. The van der Waals surface area contributed by atoms with Gasteiger partial charge in [0.05, 0.1) is 5.69 Å². The Kier molecular flexibility index (Phi) is 4.18. The molecule has 20 heavy (non-hydrogen) atoms. The van der Waals surface area contributed by atoms with E-state index in [-0.39, 0.29) is 0 Å². The minimum atomic E-state index is 0.803. The van der Waals surface area contributed by atoms with Crippen molar-refractivity contribution in [1.82, 2.24) is 19.7 Å². The van der Waals surface area contributed by atoms with Gasteiger partial charge >= 0.3 is 0 Å². The number of aromatic nitrogens is 4. The molecule has 3 aromatic rings. The molecule has 0 bridgehead atoms. The summed E-state index contributed by atoms with van der Waals surface area (Å²) in [4.78, 5) is 4.67. The SMILES string of the molecule is Cn1cnnc1SCc1csc(-c2cccc(Br)c2)n1. The normalized spacial score (nSPS) is 10.9. The number of hydrogen-bond acceptors (Lipinski definition) is 5. The van der Waals surface area contributed by atoms with Crippen molar-refractivity contribution >= 4 is 39.0 Å². The highest BCUT2D eigenvalue weighted by Gasteiger charge is 2.07. The fourth-order valence-electron chi connectivity index (χ4n) is 1.67. The highest BCUT2D eigenvalue weighted by Crippen LogP contribution is 2.28. The fraction of sp³-hybridized carbons (Fsp3) is 0.154. The third-order valence-electron chi connectivity index (χ3n) is 2.64. The second kappa shape index (κ2) is 6.07. The molecule has 0 amide bonds. The Morgan fingerprint density at radius 2 is 2.30 bits per heavy atom. The van der Waals surface area contributed by atoms with E-state index >= 15 is 0 Å². The Balaban J connectivity index is 1.72. The van der Waals surface area contributed by atoms with Gasteiger partial charge in [0, 0.05) is 28.2 Å². The van der Waals surface area contributed by atoms with Crippen molar-refractivity contribution in [2.45, 2.75) is 10.9 Å². The second-order valence-corrected chi connectivity index (χ2v) is 6.88. The van der Waals surface area contributed by atoms with Crippen molar-refractivity contribution in [3.8, 4) is 10.6 Å². The van der Waals surface area contributed by atoms with E-state index in [1.54, 1.807) is 29.4 Å². The average molecular weight is 367 g/mol. The Bertz CT molecular complexity index is 722. The first-order valence-electron chi connectivity index (χ1n) is 5.89. The van der Waals surface area contributed by atoms with E-state index < -0.39 is 0 Å². The van der Waals surface area contributed by atoms with Gasteiger partial charge in [-0.25, -0.2) is 4.98 Å². The Morgan fingerprint density at radius 3 is 3.05 bits per heavy atom. The van der Waals surface area contributed by atoms with Crippen molar-refractivity contribution in [2.75, 3.05) is 0 Å². The lowest BCUT2D eigenvalue weighted by Gasteiger charge is -1.98. The molecule has 0 fully saturated rings. The van der Waals surface area contributed by atoms with Crippen LogP contribution in [0.25, 0.3) is 10.6 Å². The standard InChI is InChI=1S/C13H11BrN4S2/c1-18-8-15-17-13(18)20-7-11-6-19-12(16-11)9-3-2-4-10(14)5-9/h2-6,8H,7H2,1H3. The zero-order valence-corrected chi connectivity index (χ0v) is 13.9. The van der Waals surface area contributed by atoms with E-state index in [4.69, 9.17) is 0 Å². The molecule has 2 heterocycles. The van der Waals surface area contributed by atoms with Crippen LogP contribution in [0.4, 0.5) is 0 Å². The molecular weight excluding hydrogens is 356 g/mol. The largest absolute Gasteiger partial charge is 0.312 e. The van der Waals surface area contributed by atoms with E-state index in [0.29, 0.717) is 0 Å². The molecule has 2 aromatic heterocycles. The topological polar surface area (TPSA) is 43.6 Å². The quantitative estimate of drug-likeness (QED) is 0.654. The molecule has 0 aliphatic rings. The number of nitrogens with zero attached hydrogens (tertiary/aromatic N) is 4. The van der Waals surface area contributed by atoms with Gasteiger partial charge in [0.1, 0.15) is 11.3 Å². The first-order valence-corrected chi connectivity index (χ1v) is 8.55. The minimum absolute atomic E-state index is 0.803. The lowest BCUT2D eigenvalue weighted by molar-refractivity contribution is 0.788. The zero-order valence-electron chi connectivity index (χ0n) is 10.7. The second-order valence-electron chi connectivity index (χ2n) is 4.17. The van der Waals surface area contributed by atoms with Crippen LogP contribution in [0.2, 0.25) is 0 Å². The fourth-order valence-corrected chi connectivity index (χ4v) is 3.77. The van der Waals surface area contributed by atoms with Gasteiger partial charge in [-0.2, -0.15) is 0 Å². The summed E-state index contributed by atoms with van der Waals surface area (Å²) >= 11 is 6.79. The summed E-state index contributed by atoms with van der Waals surface area (Å²) < 4.78 is 2.98. The summed E-state index contributed by atoms with van der Waals surface area (Å²) in [7, 11) is 1.94. The molecule has 0 spiro atoms. The van der Waals surface area contributed by atoms with Gasteiger partial charge in [-0.1, -0.05) is 39.8 Å². The summed E-state index contributed by atoms with van der Waals surface area (Å²) in [5.41, 5.74) is 2.21. The van der Waals surface area contributed by atoms with Crippen molar-refractivity contribution < 1.29 is 0 Å². The highest BCUT2D eigenvalue weighted by atomic mass is 79.9. The Hall–Kier alpha value is -1.18. The van der Waals surface area contributed by atoms with Gasteiger partial charge in [-0.3, -0.25) is 0 Å². The van der Waals surface area contributed by atoms with Crippen molar-refractivity contribution in [3.63, 3.8) is 0 Å². The molecule has 0 unspecified atom stereocenters. The van der Waals surface area contributed by atoms with Gasteiger partial charge in [0.25, 0.3) is 0 Å². The van der Waals surface area contributed by atoms with E-state index in [2.05, 4.69) is 48.6 Å². The Labute approximate surface area is 133 Å².